The summed E-state index contributed by atoms with van der Waals surface area (Å²) in [5.41, 5.74) is 1.19. The van der Waals surface area contributed by atoms with E-state index >= 15 is 0 Å². The molecule has 34 heavy (non-hydrogen) atoms. The van der Waals surface area contributed by atoms with Crippen LogP contribution in [0.3, 0.4) is 0 Å². The summed E-state index contributed by atoms with van der Waals surface area (Å²) in [7, 11) is 0. The minimum atomic E-state index is -4.44. The molecule has 5 rings (SSSR count). The fourth-order valence-corrected chi connectivity index (χ4v) is 4.20. The van der Waals surface area contributed by atoms with Crippen molar-refractivity contribution >= 4 is 5.91 Å². The molecule has 2 aliphatic rings. The Kier molecular flexibility index (Phi) is 5.67. The molecular weight excluding hydrogens is 445 g/mol. The van der Waals surface area contributed by atoms with Gasteiger partial charge in [-0.1, -0.05) is 42.4 Å². The largest absolute Gasteiger partial charge is 0.416 e. The Morgan fingerprint density at radius 1 is 1.03 bits per heavy atom. The van der Waals surface area contributed by atoms with Gasteiger partial charge in [0.1, 0.15) is 0 Å². The van der Waals surface area contributed by atoms with Gasteiger partial charge in [0.25, 0.3) is 5.89 Å². The van der Waals surface area contributed by atoms with Crippen molar-refractivity contribution in [1.29, 1.82) is 0 Å². The topological polar surface area (TPSA) is 62.5 Å². The van der Waals surface area contributed by atoms with Crippen molar-refractivity contribution < 1.29 is 22.5 Å². The summed E-state index contributed by atoms with van der Waals surface area (Å²) in [6, 6.07) is 12.6. The molecule has 1 amide bonds. The van der Waals surface area contributed by atoms with Crippen LogP contribution in [-0.4, -0.2) is 52.0 Å². The first-order valence-corrected chi connectivity index (χ1v) is 11.3. The van der Waals surface area contributed by atoms with Crippen molar-refractivity contribution in [2.75, 3.05) is 26.2 Å². The van der Waals surface area contributed by atoms with E-state index in [1.54, 1.807) is 0 Å². The Labute approximate surface area is 195 Å². The molecule has 1 aliphatic carbocycles. The van der Waals surface area contributed by atoms with Gasteiger partial charge in [-0.2, -0.15) is 18.2 Å². The van der Waals surface area contributed by atoms with Crippen LogP contribution in [0.5, 0.6) is 0 Å². The predicted octanol–water partition coefficient (Wildman–Crippen LogP) is 4.87. The summed E-state index contributed by atoms with van der Waals surface area (Å²) < 4.78 is 44.1. The second-order valence-electron chi connectivity index (χ2n) is 9.33. The maximum atomic E-state index is 13.0. The summed E-state index contributed by atoms with van der Waals surface area (Å²) in [6.07, 6.45) is -2.44. The number of amides is 1. The normalized spacial score (nSPS) is 18.2. The highest BCUT2D eigenvalue weighted by Gasteiger charge is 2.47. The Hall–Kier alpha value is -3.20. The molecule has 6 nitrogen and oxygen atoms in total. The van der Waals surface area contributed by atoms with E-state index < -0.39 is 11.7 Å². The first-order chi connectivity index (χ1) is 16.2. The Balaban J connectivity index is 1.20. The van der Waals surface area contributed by atoms with Gasteiger partial charge in [-0.25, -0.2) is 0 Å². The Morgan fingerprint density at radius 2 is 1.74 bits per heavy atom. The van der Waals surface area contributed by atoms with Crippen LogP contribution >= 0.6 is 0 Å². The van der Waals surface area contributed by atoms with Crippen molar-refractivity contribution in [2.24, 2.45) is 5.41 Å². The summed E-state index contributed by atoms with van der Waals surface area (Å²) in [4.78, 5) is 21.1. The number of benzene rings is 2. The molecule has 0 unspecified atom stereocenters. The van der Waals surface area contributed by atoms with E-state index in [4.69, 9.17) is 4.52 Å². The van der Waals surface area contributed by atoms with Crippen LogP contribution in [0.15, 0.2) is 53.1 Å². The van der Waals surface area contributed by atoms with Crippen LogP contribution in [0.2, 0.25) is 0 Å². The van der Waals surface area contributed by atoms with E-state index in [0.717, 1.165) is 68.8 Å². The first kappa shape index (κ1) is 22.6. The van der Waals surface area contributed by atoms with Crippen molar-refractivity contribution in [3.8, 4) is 22.8 Å². The Bertz CT molecular complexity index is 1180. The first-order valence-electron chi connectivity index (χ1n) is 11.3. The molecule has 1 saturated carbocycles. The van der Waals surface area contributed by atoms with Gasteiger partial charge in [-0.15, -0.1) is 0 Å². The van der Waals surface area contributed by atoms with Crippen molar-refractivity contribution in [1.82, 2.24) is 19.9 Å². The van der Waals surface area contributed by atoms with Gasteiger partial charge in [0.05, 0.1) is 5.56 Å². The third-order valence-electron chi connectivity index (χ3n) is 6.66. The zero-order valence-corrected chi connectivity index (χ0v) is 18.8. The van der Waals surface area contributed by atoms with E-state index in [2.05, 4.69) is 22.0 Å². The van der Waals surface area contributed by atoms with Gasteiger partial charge < -0.3 is 9.42 Å². The summed E-state index contributed by atoms with van der Waals surface area (Å²) in [6.45, 7) is 6.03. The molecular formula is C25H25F3N4O2. The number of carbonyl (C=O) groups excluding carboxylic acids is 1. The molecule has 0 atom stereocenters. The van der Waals surface area contributed by atoms with Gasteiger partial charge in [-0.05, 0) is 36.6 Å². The number of halogens is 3. The van der Waals surface area contributed by atoms with E-state index in [-0.39, 0.29) is 16.9 Å². The van der Waals surface area contributed by atoms with Gasteiger partial charge in [0.15, 0.2) is 0 Å². The van der Waals surface area contributed by atoms with Crippen LogP contribution in [0, 0.1) is 5.41 Å². The molecule has 2 fully saturated rings. The van der Waals surface area contributed by atoms with Crippen LogP contribution in [0.1, 0.15) is 30.9 Å². The number of alkyl halides is 3. The van der Waals surface area contributed by atoms with E-state index in [1.807, 2.05) is 29.2 Å². The smallest absolute Gasteiger partial charge is 0.340 e. The molecule has 1 aromatic heterocycles. The van der Waals surface area contributed by atoms with Crippen molar-refractivity contribution in [3.63, 3.8) is 0 Å². The van der Waals surface area contributed by atoms with Crippen molar-refractivity contribution in [2.45, 2.75) is 32.5 Å². The number of piperazine rings is 1. The molecule has 2 aromatic carbocycles. The number of aromatic nitrogens is 2. The number of hydrogen-bond acceptors (Lipinski definition) is 5. The number of rotatable bonds is 5. The quantitative estimate of drug-likeness (QED) is 0.533. The lowest BCUT2D eigenvalue weighted by Gasteiger charge is -2.36. The molecule has 9 heteroatoms. The molecule has 1 saturated heterocycles. The number of nitrogens with zero attached hydrogens (tertiary/aromatic N) is 4. The molecule has 1 aliphatic heterocycles. The lowest BCUT2D eigenvalue weighted by Crippen LogP contribution is -2.50. The van der Waals surface area contributed by atoms with Gasteiger partial charge >= 0.3 is 6.18 Å². The highest BCUT2D eigenvalue weighted by atomic mass is 19.4. The zero-order valence-electron chi connectivity index (χ0n) is 18.8. The fraction of sp³-hybridized carbons (Fsp3) is 0.400. The van der Waals surface area contributed by atoms with Crippen molar-refractivity contribution in [3.05, 3.63) is 59.7 Å². The monoisotopic (exact) mass is 470 g/mol. The second-order valence-corrected chi connectivity index (χ2v) is 9.33. The molecule has 0 spiro atoms. The van der Waals surface area contributed by atoms with Crippen LogP contribution in [-0.2, 0) is 17.5 Å². The van der Waals surface area contributed by atoms with Gasteiger partial charge in [-0.3, -0.25) is 9.69 Å². The predicted molar refractivity (Wildman–Crippen MR) is 119 cm³/mol. The maximum absolute atomic E-state index is 13.0. The summed E-state index contributed by atoms with van der Waals surface area (Å²) in [5, 5.41) is 3.93. The van der Waals surface area contributed by atoms with Crippen LogP contribution in [0.25, 0.3) is 22.8 Å². The molecule has 178 valence electrons. The van der Waals surface area contributed by atoms with Crippen LogP contribution < -0.4 is 0 Å². The molecule has 0 bridgehead atoms. The minimum absolute atomic E-state index is 0.0395. The number of hydrogen-bond donors (Lipinski definition) is 0. The standard InChI is InChI=1S/C25H25F3N4O2/c1-24(9-10-24)23(33)32-13-11-31(12-14-32)16-17-5-7-18(8-6-17)21-29-22(34-30-21)19-3-2-4-20(15-19)25(26,27)28/h2-8,15H,9-14,16H2,1H3. The average molecular weight is 470 g/mol. The molecule has 2 heterocycles. The van der Waals surface area contributed by atoms with Crippen LogP contribution in [0.4, 0.5) is 13.2 Å². The molecule has 3 aromatic rings. The second kappa shape index (κ2) is 8.54. The minimum Gasteiger partial charge on any atom is -0.340 e. The highest BCUT2D eigenvalue weighted by molar-refractivity contribution is 5.85. The lowest BCUT2D eigenvalue weighted by atomic mass is 10.1. The molecule has 0 N–H and O–H groups in total. The maximum Gasteiger partial charge on any atom is 0.416 e. The summed E-state index contributed by atoms with van der Waals surface area (Å²) in [5.74, 6) is 0.651. The SMILES string of the molecule is CC1(C(=O)N2CCN(Cc3ccc(-c4noc(-c5cccc(C(F)(F)F)c5)n4)cc3)CC2)CC1. The van der Waals surface area contributed by atoms with E-state index in [0.29, 0.717) is 11.7 Å². The van der Waals surface area contributed by atoms with Gasteiger partial charge in [0, 0.05) is 49.3 Å². The number of carbonyl (C=O) groups is 1. The zero-order chi connectivity index (χ0) is 23.9. The average Bonchev–Trinajstić information content (AvgIpc) is 3.39. The van der Waals surface area contributed by atoms with E-state index in [9.17, 15) is 18.0 Å². The van der Waals surface area contributed by atoms with E-state index in [1.165, 1.54) is 12.1 Å². The third-order valence-corrected chi connectivity index (χ3v) is 6.66. The highest BCUT2D eigenvalue weighted by Crippen LogP contribution is 2.46. The lowest BCUT2D eigenvalue weighted by molar-refractivity contribution is -0.138. The fourth-order valence-electron chi connectivity index (χ4n) is 4.20. The summed E-state index contributed by atoms with van der Waals surface area (Å²) >= 11 is 0. The third kappa shape index (κ3) is 4.70. The van der Waals surface area contributed by atoms with Gasteiger partial charge in [0.2, 0.25) is 11.7 Å². The Morgan fingerprint density at radius 3 is 2.38 bits per heavy atom. The molecule has 0 radical (unpaired) electrons.